The quantitative estimate of drug-likeness (QED) is 0.753. The van der Waals surface area contributed by atoms with Gasteiger partial charge in [-0.2, -0.15) is 0 Å². The van der Waals surface area contributed by atoms with Gasteiger partial charge in [0.2, 0.25) is 5.91 Å². The van der Waals surface area contributed by atoms with Gasteiger partial charge in [0, 0.05) is 27.6 Å². The Morgan fingerprint density at radius 3 is 2.96 bits per heavy atom. The number of fused-ring (bicyclic) bond motifs is 1. The number of nitrogens with zero attached hydrogens (tertiary/aromatic N) is 1. The molecule has 1 amide bonds. The van der Waals surface area contributed by atoms with Gasteiger partial charge in [0.15, 0.2) is 6.79 Å². The van der Waals surface area contributed by atoms with Crippen LogP contribution < -0.4 is 10.1 Å². The van der Waals surface area contributed by atoms with Gasteiger partial charge in [-0.3, -0.25) is 9.69 Å². The fourth-order valence-corrected chi connectivity index (χ4v) is 3.72. The number of benzene rings is 2. The van der Waals surface area contributed by atoms with Crippen LogP contribution in [0.2, 0.25) is 5.02 Å². The van der Waals surface area contributed by atoms with Crippen LogP contribution in [0.25, 0.3) is 0 Å². The summed E-state index contributed by atoms with van der Waals surface area (Å²) in [5.74, 6) is 0.745. The molecule has 0 aliphatic carbocycles. The Kier molecular flexibility index (Phi) is 6.43. The van der Waals surface area contributed by atoms with E-state index in [1.54, 1.807) is 11.8 Å². The van der Waals surface area contributed by atoms with E-state index < -0.39 is 0 Å². The first kappa shape index (κ1) is 19.0. The molecular weight excluding hydrogens is 372 g/mol. The molecule has 1 aliphatic heterocycles. The summed E-state index contributed by atoms with van der Waals surface area (Å²) in [5.41, 5.74) is 2.72. The van der Waals surface area contributed by atoms with E-state index in [0.29, 0.717) is 18.2 Å². The molecule has 0 bridgehead atoms. The van der Waals surface area contributed by atoms with Crippen molar-refractivity contribution in [2.75, 3.05) is 32.0 Å². The van der Waals surface area contributed by atoms with Gasteiger partial charge >= 0.3 is 0 Å². The van der Waals surface area contributed by atoms with Crippen LogP contribution in [-0.4, -0.2) is 37.4 Å². The van der Waals surface area contributed by atoms with Gasteiger partial charge in [0.1, 0.15) is 5.75 Å². The molecule has 0 radical (unpaired) electrons. The lowest BCUT2D eigenvalue weighted by Crippen LogP contribution is -2.30. The first-order valence-electron chi connectivity index (χ1n) is 8.20. The standard InChI is InChI=1S/C19H21ClN2O3S/c1-22(10-18(23)21-16-5-3-4-6-17(16)26-2)9-13-7-15(20)8-14-11-24-12-25-19(13)14/h3-8H,9-12H2,1-2H3,(H,21,23). The summed E-state index contributed by atoms with van der Waals surface area (Å²) in [6, 6.07) is 11.5. The van der Waals surface area contributed by atoms with Gasteiger partial charge in [0.05, 0.1) is 18.8 Å². The Balaban J connectivity index is 1.65. The zero-order chi connectivity index (χ0) is 18.5. The summed E-state index contributed by atoms with van der Waals surface area (Å²) in [5, 5.41) is 3.61. The highest BCUT2D eigenvalue weighted by molar-refractivity contribution is 7.98. The largest absolute Gasteiger partial charge is 0.467 e. The van der Waals surface area contributed by atoms with Crippen LogP contribution in [0.15, 0.2) is 41.3 Å². The van der Waals surface area contributed by atoms with Crippen molar-refractivity contribution in [3.05, 3.63) is 52.5 Å². The molecule has 1 heterocycles. The fourth-order valence-electron chi connectivity index (χ4n) is 2.90. The van der Waals surface area contributed by atoms with Crippen LogP contribution in [-0.2, 0) is 22.7 Å². The van der Waals surface area contributed by atoms with Crippen molar-refractivity contribution in [3.63, 3.8) is 0 Å². The minimum atomic E-state index is -0.0610. The zero-order valence-corrected chi connectivity index (χ0v) is 16.3. The molecular formula is C19H21ClN2O3S. The monoisotopic (exact) mass is 392 g/mol. The van der Waals surface area contributed by atoms with E-state index in [9.17, 15) is 4.79 Å². The molecule has 26 heavy (non-hydrogen) atoms. The van der Waals surface area contributed by atoms with E-state index >= 15 is 0 Å². The number of hydrogen-bond acceptors (Lipinski definition) is 5. The van der Waals surface area contributed by atoms with Crippen molar-refractivity contribution in [1.82, 2.24) is 4.90 Å². The molecule has 2 aromatic carbocycles. The van der Waals surface area contributed by atoms with Crippen LogP contribution in [0.3, 0.4) is 0 Å². The number of hydrogen-bond donors (Lipinski definition) is 1. The molecule has 0 saturated heterocycles. The molecule has 3 rings (SSSR count). The van der Waals surface area contributed by atoms with Gasteiger partial charge in [-0.25, -0.2) is 0 Å². The highest BCUT2D eigenvalue weighted by Gasteiger charge is 2.18. The number of rotatable bonds is 6. The van der Waals surface area contributed by atoms with E-state index in [2.05, 4.69) is 5.32 Å². The minimum absolute atomic E-state index is 0.0610. The van der Waals surface area contributed by atoms with E-state index in [4.69, 9.17) is 21.1 Å². The van der Waals surface area contributed by atoms with Crippen molar-refractivity contribution in [3.8, 4) is 5.75 Å². The summed E-state index contributed by atoms with van der Waals surface area (Å²) in [6.07, 6.45) is 1.99. The lowest BCUT2D eigenvalue weighted by Gasteiger charge is -2.24. The van der Waals surface area contributed by atoms with Crippen LogP contribution >= 0.6 is 23.4 Å². The summed E-state index contributed by atoms with van der Waals surface area (Å²) >= 11 is 7.81. The molecule has 138 valence electrons. The number of halogens is 1. The number of nitrogens with one attached hydrogen (secondary N) is 1. The second-order valence-electron chi connectivity index (χ2n) is 6.08. The number of thioether (sulfide) groups is 1. The molecule has 0 atom stereocenters. The number of ether oxygens (including phenoxy) is 2. The molecule has 0 spiro atoms. The average Bonchev–Trinajstić information content (AvgIpc) is 2.61. The molecule has 7 heteroatoms. The van der Waals surface area contributed by atoms with Gasteiger partial charge < -0.3 is 14.8 Å². The molecule has 2 aromatic rings. The number of likely N-dealkylation sites (N-methyl/N-ethyl adjacent to an activating group) is 1. The van der Waals surface area contributed by atoms with Crippen molar-refractivity contribution < 1.29 is 14.3 Å². The third kappa shape index (κ3) is 4.71. The SMILES string of the molecule is CSc1ccccc1NC(=O)CN(C)Cc1cc(Cl)cc2c1OCOC2. The smallest absolute Gasteiger partial charge is 0.238 e. The topological polar surface area (TPSA) is 50.8 Å². The second kappa shape index (κ2) is 8.77. The van der Waals surface area contributed by atoms with Gasteiger partial charge in [-0.15, -0.1) is 11.8 Å². The van der Waals surface area contributed by atoms with Crippen molar-refractivity contribution in [1.29, 1.82) is 0 Å². The first-order valence-corrected chi connectivity index (χ1v) is 9.80. The highest BCUT2D eigenvalue weighted by Crippen LogP contribution is 2.32. The number of amides is 1. The Morgan fingerprint density at radius 2 is 2.15 bits per heavy atom. The average molecular weight is 393 g/mol. The lowest BCUT2D eigenvalue weighted by atomic mass is 10.1. The zero-order valence-electron chi connectivity index (χ0n) is 14.8. The molecule has 0 unspecified atom stereocenters. The van der Waals surface area contributed by atoms with Crippen LogP contribution in [0, 0.1) is 0 Å². The normalized spacial score (nSPS) is 13.2. The molecule has 5 nitrogen and oxygen atoms in total. The maximum Gasteiger partial charge on any atom is 0.238 e. The lowest BCUT2D eigenvalue weighted by molar-refractivity contribution is -0.117. The summed E-state index contributed by atoms with van der Waals surface area (Å²) in [7, 11) is 1.90. The van der Waals surface area contributed by atoms with Gasteiger partial charge in [0.25, 0.3) is 0 Å². The van der Waals surface area contributed by atoms with Crippen LogP contribution in [0.4, 0.5) is 5.69 Å². The fraction of sp³-hybridized carbons (Fsp3) is 0.316. The number of anilines is 1. The predicted octanol–water partition coefficient (Wildman–Crippen LogP) is 4.00. The van der Waals surface area contributed by atoms with Crippen LogP contribution in [0.1, 0.15) is 11.1 Å². The van der Waals surface area contributed by atoms with E-state index in [1.165, 1.54) is 0 Å². The van der Waals surface area contributed by atoms with Gasteiger partial charge in [-0.05, 0) is 37.6 Å². The number of carbonyl (C=O) groups excluding carboxylic acids is 1. The van der Waals surface area contributed by atoms with E-state index in [-0.39, 0.29) is 19.2 Å². The highest BCUT2D eigenvalue weighted by atomic mass is 35.5. The van der Waals surface area contributed by atoms with Gasteiger partial charge in [-0.1, -0.05) is 23.7 Å². The molecule has 0 saturated carbocycles. The Hall–Kier alpha value is -1.73. The Morgan fingerprint density at radius 1 is 1.35 bits per heavy atom. The molecule has 0 fully saturated rings. The molecule has 0 aromatic heterocycles. The summed E-state index contributed by atoms with van der Waals surface area (Å²) in [6.45, 7) is 1.54. The maximum atomic E-state index is 12.4. The minimum Gasteiger partial charge on any atom is -0.467 e. The van der Waals surface area contributed by atoms with Crippen molar-refractivity contribution in [2.24, 2.45) is 0 Å². The van der Waals surface area contributed by atoms with Crippen LogP contribution in [0.5, 0.6) is 5.75 Å². The summed E-state index contributed by atoms with van der Waals surface area (Å²) < 4.78 is 10.9. The second-order valence-corrected chi connectivity index (χ2v) is 7.37. The number of para-hydroxylation sites is 1. The molecule has 1 aliphatic rings. The summed E-state index contributed by atoms with van der Waals surface area (Å²) in [4.78, 5) is 15.4. The van der Waals surface area contributed by atoms with E-state index in [1.807, 2.05) is 54.6 Å². The maximum absolute atomic E-state index is 12.4. The molecule has 1 N–H and O–H groups in total. The third-order valence-corrected chi connectivity index (χ3v) is 5.00. The Labute approximate surface area is 162 Å². The van der Waals surface area contributed by atoms with Crippen molar-refractivity contribution in [2.45, 2.75) is 18.0 Å². The Bertz CT molecular complexity index is 800. The third-order valence-electron chi connectivity index (χ3n) is 3.99. The number of carbonyl (C=O) groups is 1. The van der Waals surface area contributed by atoms with E-state index in [0.717, 1.165) is 27.5 Å². The first-order chi connectivity index (χ1) is 12.6. The van der Waals surface area contributed by atoms with Crippen molar-refractivity contribution >= 4 is 35.0 Å². The predicted molar refractivity (Wildman–Crippen MR) is 105 cm³/mol.